The molecule has 6 nitrogen and oxygen atoms in total. The van der Waals surface area contributed by atoms with E-state index in [1.165, 1.54) is 18.5 Å². The zero-order valence-electron chi connectivity index (χ0n) is 15.6. The first-order valence-corrected chi connectivity index (χ1v) is 9.33. The van der Waals surface area contributed by atoms with Gasteiger partial charge in [0.2, 0.25) is 0 Å². The summed E-state index contributed by atoms with van der Waals surface area (Å²) in [5, 5.41) is 4.53. The van der Waals surface area contributed by atoms with Crippen molar-refractivity contribution in [1.29, 1.82) is 0 Å². The van der Waals surface area contributed by atoms with Crippen molar-refractivity contribution in [3.05, 3.63) is 34.7 Å². The van der Waals surface area contributed by atoms with E-state index in [9.17, 15) is 4.79 Å². The average Bonchev–Trinajstić information content (AvgIpc) is 3.29. The van der Waals surface area contributed by atoms with E-state index in [1.807, 2.05) is 23.4 Å². The number of carbonyl (C=O) groups excluding carboxylic acids is 1. The van der Waals surface area contributed by atoms with Gasteiger partial charge in [0.15, 0.2) is 0 Å². The van der Waals surface area contributed by atoms with Crippen LogP contribution >= 0.6 is 0 Å². The Morgan fingerprint density at radius 3 is 2.52 bits per heavy atom. The van der Waals surface area contributed by atoms with Gasteiger partial charge in [0.05, 0.1) is 11.6 Å². The highest BCUT2D eigenvalue weighted by Gasteiger charge is 2.32. The van der Waals surface area contributed by atoms with Crippen molar-refractivity contribution in [2.24, 2.45) is 0 Å². The van der Waals surface area contributed by atoms with E-state index in [4.69, 9.17) is 0 Å². The summed E-state index contributed by atoms with van der Waals surface area (Å²) >= 11 is 0. The maximum absolute atomic E-state index is 13.2. The molecule has 2 aromatic heterocycles. The fourth-order valence-corrected chi connectivity index (χ4v) is 4.28. The lowest BCUT2D eigenvalue weighted by atomic mass is 10.0. The lowest BCUT2D eigenvalue weighted by Gasteiger charge is -2.33. The first-order valence-electron chi connectivity index (χ1n) is 9.33. The fourth-order valence-electron chi connectivity index (χ4n) is 4.28. The number of aryl methyl sites for hydroxylation is 3. The lowest BCUT2D eigenvalue weighted by Crippen LogP contribution is -2.41. The predicted octanol–water partition coefficient (Wildman–Crippen LogP) is 3.13. The number of aromatic nitrogens is 4. The lowest BCUT2D eigenvalue weighted by molar-refractivity contribution is 0.0670. The van der Waals surface area contributed by atoms with E-state index < -0.39 is 0 Å². The summed E-state index contributed by atoms with van der Waals surface area (Å²) in [5.41, 5.74) is 3.20. The first-order chi connectivity index (χ1) is 12.0. The molecule has 2 aliphatic rings. The molecule has 0 bridgehead atoms. The number of nitrogens with zero attached hydrogens (tertiary/aromatic N) is 5. The van der Waals surface area contributed by atoms with Crippen molar-refractivity contribution < 1.29 is 4.79 Å². The molecule has 0 N–H and O–H groups in total. The third-order valence-corrected chi connectivity index (χ3v) is 5.56. The van der Waals surface area contributed by atoms with Gasteiger partial charge < -0.3 is 9.47 Å². The Kier molecular flexibility index (Phi) is 3.93. The van der Waals surface area contributed by atoms with Crippen LogP contribution in [0.15, 0.2) is 6.07 Å². The molecular formula is C19H27N5O. The molecule has 1 atom stereocenters. The molecule has 0 radical (unpaired) electrons. The summed E-state index contributed by atoms with van der Waals surface area (Å²) < 4.78 is 4.35. The van der Waals surface area contributed by atoms with Crippen molar-refractivity contribution in [3.63, 3.8) is 0 Å². The smallest absolute Gasteiger partial charge is 0.255 e. The number of hydrogen-bond acceptors (Lipinski definition) is 3. The molecular weight excluding hydrogens is 314 g/mol. The quantitative estimate of drug-likeness (QED) is 0.862. The van der Waals surface area contributed by atoms with Gasteiger partial charge in [-0.15, -0.1) is 0 Å². The molecule has 1 aliphatic heterocycles. The molecule has 1 saturated heterocycles. The first kappa shape index (κ1) is 16.4. The van der Waals surface area contributed by atoms with Gasteiger partial charge in [0.1, 0.15) is 11.6 Å². The van der Waals surface area contributed by atoms with Gasteiger partial charge in [-0.2, -0.15) is 5.10 Å². The highest BCUT2D eigenvalue weighted by molar-refractivity contribution is 5.95. The molecule has 0 aromatic carbocycles. The van der Waals surface area contributed by atoms with Gasteiger partial charge in [-0.25, -0.2) is 9.67 Å². The molecule has 4 rings (SSSR count). The Morgan fingerprint density at radius 2 is 1.88 bits per heavy atom. The minimum Gasteiger partial charge on any atom is -0.345 e. The van der Waals surface area contributed by atoms with Crippen molar-refractivity contribution >= 4 is 5.91 Å². The molecule has 3 heterocycles. The molecule has 1 amide bonds. The van der Waals surface area contributed by atoms with Gasteiger partial charge in [-0.05, 0) is 59.4 Å². The zero-order valence-corrected chi connectivity index (χ0v) is 15.6. The Bertz CT molecular complexity index is 814. The van der Waals surface area contributed by atoms with E-state index in [2.05, 4.69) is 34.6 Å². The van der Waals surface area contributed by atoms with Gasteiger partial charge in [-0.1, -0.05) is 0 Å². The van der Waals surface area contributed by atoms with Crippen LogP contribution in [0, 0.1) is 27.7 Å². The normalized spacial score (nSPS) is 21.0. The van der Waals surface area contributed by atoms with Crippen LogP contribution < -0.4 is 0 Å². The SMILES string of the molecule is Cc1nc(C)n(C2CCCN(C(=O)c3cc(C)n(C4CC4)c3C)C2)n1. The molecule has 25 heavy (non-hydrogen) atoms. The topological polar surface area (TPSA) is 56.0 Å². The van der Waals surface area contributed by atoms with E-state index in [0.29, 0.717) is 6.04 Å². The van der Waals surface area contributed by atoms with Gasteiger partial charge in [-0.3, -0.25) is 4.79 Å². The summed E-state index contributed by atoms with van der Waals surface area (Å²) in [6, 6.07) is 2.91. The molecule has 2 fully saturated rings. The van der Waals surface area contributed by atoms with E-state index in [0.717, 1.165) is 48.8 Å². The summed E-state index contributed by atoms with van der Waals surface area (Å²) in [7, 11) is 0. The third kappa shape index (κ3) is 2.87. The minimum atomic E-state index is 0.166. The van der Waals surface area contributed by atoms with E-state index >= 15 is 0 Å². The highest BCUT2D eigenvalue weighted by atomic mass is 16.2. The second-order valence-electron chi connectivity index (χ2n) is 7.58. The van der Waals surface area contributed by atoms with Crippen LogP contribution in [0.2, 0.25) is 0 Å². The summed E-state index contributed by atoms with van der Waals surface area (Å²) in [6.45, 7) is 9.66. The zero-order chi connectivity index (χ0) is 17.7. The van der Waals surface area contributed by atoms with Crippen molar-refractivity contribution in [2.75, 3.05) is 13.1 Å². The van der Waals surface area contributed by atoms with Crippen LogP contribution in [0.25, 0.3) is 0 Å². The second-order valence-corrected chi connectivity index (χ2v) is 7.58. The number of amides is 1. The molecule has 1 saturated carbocycles. The van der Waals surface area contributed by atoms with Crippen LogP contribution in [0.3, 0.4) is 0 Å². The van der Waals surface area contributed by atoms with Crippen molar-refractivity contribution in [1.82, 2.24) is 24.2 Å². The Hall–Kier alpha value is -2.11. The molecule has 1 unspecified atom stereocenters. The summed E-state index contributed by atoms with van der Waals surface area (Å²) in [6.07, 6.45) is 4.53. The maximum atomic E-state index is 13.2. The van der Waals surface area contributed by atoms with Gasteiger partial charge in [0.25, 0.3) is 5.91 Å². The molecule has 2 aromatic rings. The highest BCUT2D eigenvalue weighted by Crippen LogP contribution is 2.38. The molecule has 6 heteroatoms. The molecule has 1 aliphatic carbocycles. The minimum absolute atomic E-state index is 0.166. The number of carbonyl (C=O) groups is 1. The summed E-state index contributed by atoms with van der Waals surface area (Å²) in [4.78, 5) is 19.6. The van der Waals surface area contributed by atoms with Crippen LogP contribution in [-0.2, 0) is 0 Å². The number of likely N-dealkylation sites (tertiary alicyclic amines) is 1. The van der Waals surface area contributed by atoms with Gasteiger partial charge in [0, 0.05) is 30.5 Å². The second kappa shape index (κ2) is 6.00. The van der Waals surface area contributed by atoms with E-state index in [-0.39, 0.29) is 11.9 Å². The number of piperidine rings is 1. The maximum Gasteiger partial charge on any atom is 0.255 e. The third-order valence-electron chi connectivity index (χ3n) is 5.56. The van der Waals surface area contributed by atoms with Crippen LogP contribution in [0.1, 0.15) is 71.2 Å². The van der Waals surface area contributed by atoms with Crippen molar-refractivity contribution in [2.45, 2.75) is 65.5 Å². The standard InChI is InChI=1S/C19H27N5O/c1-12-10-18(13(2)23(12)16-7-8-16)19(25)22-9-5-6-17(11-22)24-15(4)20-14(3)21-24/h10,16-17H,5-9,11H2,1-4H3. The Morgan fingerprint density at radius 1 is 1.12 bits per heavy atom. The number of rotatable bonds is 3. The van der Waals surface area contributed by atoms with Crippen molar-refractivity contribution in [3.8, 4) is 0 Å². The fraction of sp³-hybridized carbons (Fsp3) is 0.632. The average molecular weight is 341 g/mol. The summed E-state index contributed by atoms with van der Waals surface area (Å²) in [5.74, 6) is 1.90. The predicted molar refractivity (Wildman–Crippen MR) is 95.8 cm³/mol. The Labute approximate surface area is 148 Å². The van der Waals surface area contributed by atoms with Crippen LogP contribution in [0.4, 0.5) is 0 Å². The van der Waals surface area contributed by atoms with Crippen LogP contribution in [0.5, 0.6) is 0 Å². The largest absolute Gasteiger partial charge is 0.345 e. The number of hydrogen-bond donors (Lipinski definition) is 0. The molecule has 134 valence electrons. The Balaban J connectivity index is 1.56. The van der Waals surface area contributed by atoms with E-state index in [1.54, 1.807) is 0 Å². The molecule has 0 spiro atoms. The monoisotopic (exact) mass is 341 g/mol. The van der Waals surface area contributed by atoms with Crippen LogP contribution in [-0.4, -0.2) is 43.2 Å². The van der Waals surface area contributed by atoms with Gasteiger partial charge >= 0.3 is 0 Å².